The zero-order valence-electron chi connectivity index (χ0n) is 16.2. The molecule has 8 nitrogen and oxygen atoms in total. The summed E-state index contributed by atoms with van der Waals surface area (Å²) >= 11 is 6.01. The second-order valence-corrected chi connectivity index (χ2v) is 6.51. The number of azo groups is 1. The zero-order chi connectivity index (χ0) is 21.4. The van der Waals surface area contributed by atoms with E-state index in [9.17, 15) is 14.9 Å². The Hall–Kier alpha value is -3.26. The third-order valence-electron chi connectivity index (χ3n) is 3.95. The van der Waals surface area contributed by atoms with Crippen LogP contribution < -0.4 is 4.90 Å². The fourth-order valence-corrected chi connectivity index (χ4v) is 2.59. The van der Waals surface area contributed by atoms with Crippen molar-refractivity contribution in [2.24, 2.45) is 10.2 Å². The summed E-state index contributed by atoms with van der Waals surface area (Å²) in [5.41, 5.74) is 2.16. The molecule has 0 aliphatic heterocycles. The first-order chi connectivity index (χ1) is 13.8. The van der Waals surface area contributed by atoms with Gasteiger partial charge >= 0.3 is 5.97 Å². The second kappa shape index (κ2) is 10.3. The Morgan fingerprint density at radius 1 is 1.24 bits per heavy atom. The van der Waals surface area contributed by atoms with Gasteiger partial charge in [0.15, 0.2) is 0 Å². The Morgan fingerprint density at radius 2 is 1.93 bits per heavy atom. The number of nitrogens with zero attached hydrogens (tertiary/aromatic N) is 4. The number of rotatable bonds is 9. The van der Waals surface area contributed by atoms with Gasteiger partial charge in [0, 0.05) is 29.9 Å². The van der Waals surface area contributed by atoms with Crippen molar-refractivity contribution < 1.29 is 14.5 Å². The lowest BCUT2D eigenvalue weighted by Gasteiger charge is -2.22. The summed E-state index contributed by atoms with van der Waals surface area (Å²) in [6, 6.07) is 11.4. The molecule has 0 atom stereocenters. The van der Waals surface area contributed by atoms with Crippen molar-refractivity contribution in [2.45, 2.75) is 13.8 Å². The van der Waals surface area contributed by atoms with Crippen molar-refractivity contribution in [3.05, 3.63) is 69.8 Å². The van der Waals surface area contributed by atoms with E-state index in [2.05, 4.69) is 21.7 Å². The molecule has 0 saturated heterocycles. The molecule has 0 radical (unpaired) electrons. The number of ether oxygens (including phenoxy) is 1. The van der Waals surface area contributed by atoms with Crippen molar-refractivity contribution in [3.63, 3.8) is 0 Å². The number of carbonyl (C=O) groups excluding carboxylic acids is 1. The van der Waals surface area contributed by atoms with E-state index in [1.807, 2.05) is 19.1 Å². The van der Waals surface area contributed by atoms with Gasteiger partial charge in [-0.2, -0.15) is 5.11 Å². The predicted octanol–water partition coefficient (Wildman–Crippen LogP) is 5.61. The molecule has 0 aliphatic carbocycles. The van der Waals surface area contributed by atoms with E-state index in [0.29, 0.717) is 23.5 Å². The molecular formula is C20H21ClN4O4. The number of hydrogen-bond acceptors (Lipinski definition) is 7. The lowest BCUT2D eigenvalue weighted by atomic mass is 10.2. The molecular weight excluding hydrogens is 396 g/mol. The van der Waals surface area contributed by atoms with Crippen molar-refractivity contribution in [3.8, 4) is 0 Å². The Kier molecular flexibility index (Phi) is 7.85. The zero-order valence-corrected chi connectivity index (χ0v) is 16.9. The largest absolute Gasteiger partial charge is 0.460 e. The van der Waals surface area contributed by atoms with E-state index in [0.717, 1.165) is 12.2 Å². The number of hydrogen-bond donors (Lipinski definition) is 0. The molecule has 0 fully saturated rings. The smallest absolute Gasteiger partial charge is 0.333 e. The van der Waals surface area contributed by atoms with Crippen molar-refractivity contribution in [1.29, 1.82) is 0 Å². The van der Waals surface area contributed by atoms with Crippen molar-refractivity contribution in [2.75, 3.05) is 24.6 Å². The summed E-state index contributed by atoms with van der Waals surface area (Å²) in [6.07, 6.45) is 0. The fourth-order valence-electron chi connectivity index (χ4n) is 2.37. The molecule has 0 saturated carbocycles. The van der Waals surface area contributed by atoms with Gasteiger partial charge in [0.1, 0.15) is 12.3 Å². The molecule has 0 amide bonds. The van der Waals surface area contributed by atoms with Crippen molar-refractivity contribution >= 4 is 40.3 Å². The number of carbonyl (C=O) groups is 1. The molecule has 0 aliphatic rings. The van der Waals surface area contributed by atoms with Crippen LogP contribution in [-0.2, 0) is 9.53 Å². The monoisotopic (exact) mass is 416 g/mol. The second-order valence-electron chi connectivity index (χ2n) is 6.11. The van der Waals surface area contributed by atoms with Crippen LogP contribution in [0.4, 0.5) is 22.7 Å². The normalized spacial score (nSPS) is 10.7. The van der Waals surface area contributed by atoms with E-state index in [1.165, 1.54) is 18.2 Å². The maximum atomic E-state index is 11.5. The first-order valence-electron chi connectivity index (χ1n) is 8.85. The van der Waals surface area contributed by atoms with Crippen LogP contribution in [0, 0.1) is 10.1 Å². The van der Waals surface area contributed by atoms with E-state index < -0.39 is 10.9 Å². The van der Waals surface area contributed by atoms with Gasteiger partial charge in [0.2, 0.25) is 0 Å². The fraction of sp³-hybridized carbons (Fsp3) is 0.250. The van der Waals surface area contributed by atoms with Crippen LogP contribution in [-0.4, -0.2) is 30.6 Å². The van der Waals surface area contributed by atoms with Gasteiger partial charge in [-0.1, -0.05) is 18.2 Å². The molecule has 0 heterocycles. The molecule has 0 spiro atoms. The molecule has 29 heavy (non-hydrogen) atoms. The molecule has 152 valence electrons. The number of non-ortho nitro benzene ring substituents is 1. The third-order valence-corrected chi connectivity index (χ3v) is 4.26. The van der Waals surface area contributed by atoms with Crippen LogP contribution >= 0.6 is 11.6 Å². The summed E-state index contributed by atoms with van der Waals surface area (Å²) in [7, 11) is 0. The number of likely N-dealkylation sites (N-methyl/N-ethyl adjacent to an activating group) is 1. The highest BCUT2D eigenvalue weighted by atomic mass is 35.5. The van der Waals surface area contributed by atoms with Gasteiger partial charge < -0.3 is 9.64 Å². The van der Waals surface area contributed by atoms with Gasteiger partial charge in [-0.3, -0.25) is 10.1 Å². The Labute approximate surface area is 173 Å². The predicted molar refractivity (Wildman–Crippen MR) is 112 cm³/mol. The quantitative estimate of drug-likeness (QED) is 0.174. The highest BCUT2D eigenvalue weighted by Crippen LogP contribution is 2.30. The average molecular weight is 417 g/mol. The van der Waals surface area contributed by atoms with Gasteiger partial charge in [0.25, 0.3) is 5.69 Å². The number of benzene rings is 2. The molecule has 2 rings (SSSR count). The molecule has 0 unspecified atom stereocenters. The summed E-state index contributed by atoms with van der Waals surface area (Å²) in [6.45, 7) is 8.72. The molecule has 0 aromatic heterocycles. The highest BCUT2D eigenvalue weighted by Gasteiger charge is 2.10. The van der Waals surface area contributed by atoms with E-state index in [4.69, 9.17) is 16.3 Å². The first-order valence-corrected chi connectivity index (χ1v) is 9.23. The molecule has 2 aromatic carbocycles. The van der Waals surface area contributed by atoms with Crippen molar-refractivity contribution in [1.82, 2.24) is 0 Å². The standard InChI is InChI=1S/C20H21ClN4O4/c1-4-24(11-12-29-20(26)14(2)3)16-7-5-15(6-8-16)22-23-19-10-9-17(25(27)28)13-18(19)21/h5-10,13H,2,4,11-12H2,1,3H3. The maximum Gasteiger partial charge on any atom is 0.333 e. The van der Waals surface area contributed by atoms with Gasteiger partial charge in [-0.05, 0) is 44.2 Å². The lowest BCUT2D eigenvalue weighted by molar-refractivity contribution is -0.384. The Balaban J connectivity index is 2.01. The lowest BCUT2D eigenvalue weighted by Crippen LogP contribution is -2.28. The SMILES string of the molecule is C=C(C)C(=O)OCCN(CC)c1ccc(N=Nc2ccc([N+](=O)[O-])cc2Cl)cc1. The number of anilines is 1. The van der Waals surface area contributed by atoms with Gasteiger partial charge in [-0.15, -0.1) is 5.11 Å². The average Bonchev–Trinajstić information content (AvgIpc) is 2.70. The van der Waals surface area contributed by atoms with Crippen LogP contribution in [0.1, 0.15) is 13.8 Å². The summed E-state index contributed by atoms with van der Waals surface area (Å²) < 4.78 is 5.13. The van der Waals surface area contributed by atoms with E-state index in [-0.39, 0.29) is 17.3 Å². The molecule has 2 aromatic rings. The molecule has 0 bridgehead atoms. The number of nitro benzene ring substituents is 1. The van der Waals surface area contributed by atoms with Gasteiger partial charge in [0.05, 0.1) is 22.2 Å². The summed E-state index contributed by atoms with van der Waals surface area (Å²) in [5, 5.41) is 19.1. The summed E-state index contributed by atoms with van der Waals surface area (Å²) in [5.74, 6) is -0.401. The molecule has 9 heteroatoms. The maximum absolute atomic E-state index is 11.5. The Bertz CT molecular complexity index is 929. The third kappa shape index (κ3) is 6.39. The van der Waals surface area contributed by atoms with Crippen LogP contribution in [0.2, 0.25) is 5.02 Å². The minimum absolute atomic E-state index is 0.105. The van der Waals surface area contributed by atoms with E-state index >= 15 is 0 Å². The molecule has 0 N–H and O–H groups in total. The van der Waals surface area contributed by atoms with E-state index in [1.54, 1.807) is 19.1 Å². The van der Waals surface area contributed by atoms with Crippen LogP contribution in [0.5, 0.6) is 0 Å². The number of nitro groups is 1. The van der Waals surface area contributed by atoms with Crippen LogP contribution in [0.15, 0.2) is 64.8 Å². The number of halogens is 1. The topological polar surface area (TPSA) is 97.4 Å². The van der Waals surface area contributed by atoms with Gasteiger partial charge in [-0.25, -0.2) is 4.79 Å². The Morgan fingerprint density at radius 3 is 2.48 bits per heavy atom. The minimum atomic E-state index is -0.523. The van der Waals surface area contributed by atoms with Crippen LogP contribution in [0.3, 0.4) is 0 Å². The van der Waals surface area contributed by atoms with Crippen LogP contribution in [0.25, 0.3) is 0 Å². The highest BCUT2D eigenvalue weighted by molar-refractivity contribution is 6.33. The number of esters is 1. The minimum Gasteiger partial charge on any atom is -0.460 e. The first kappa shape index (κ1) is 22.0. The summed E-state index contributed by atoms with van der Waals surface area (Å²) in [4.78, 5) is 23.7.